The second-order valence-corrected chi connectivity index (χ2v) is 4.99. The van der Waals surface area contributed by atoms with Crippen LogP contribution in [0.3, 0.4) is 0 Å². The van der Waals surface area contributed by atoms with Gasteiger partial charge in [0.15, 0.2) is 0 Å². The third-order valence-corrected chi connectivity index (χ3v) is 3.29. The summed E-state index contributed by atoms with van der Waals surface area (Å²) in [6.45, 7) is 10.7. The fourth-order valence-corrected chi connectivity index (χ4v) is 2.34. The molecular formula is C13H28N2O2. The summed E-state index contributed by atoms with van der Waals surface area (Å²) >= 11 is 0. The molecule has 0 aliphatic carbocycles. The lowest BCUT2D eigenvalue weighted by molar-refractivity contribution is 0.0987. The van der Waals surface area contributed by atoms with Crippen molar-refractivity contribution in [3.05, 3.63) is 0 Å². The van der Waals surface area contributed by atoms with Crippen molar-refractivity contribution in [1.29, 1.82) is 0 Å². The van der Waals surface area contributed by atoms with Crippen LogP contribution in [-0.4, -0.2) is 62.0 Å². The van der Waals surface area contributed by atoms with Crippen LogP contribution < -0.4 is 5.32 Å². The molecule has 0 aromatic carbocycles. The maximum absolute atomic E-state index is 9.33. The average Bonchev–Trinajstić information content (AvgIpc) is 2.30. The fourth-order valence-electron chi connectivity index (χ4n) is 2.34. The highest BCUT2D eigenvalue weighted by Crippen LogP contribution is 2.16. The van der Waals surface area contributed by atoms with Crippen molar-refractivity contribution in [3.63, 3.8) is 0 Å². The Kier molecular flexibility index (Phi) is 7.77. The van der Waals surface area contributed by atoms with E-state index in [1.165, 1.54) is 12.8 Å². The van der Waals surface area contributed by atoms with Gasteiger partial charge in [0.05, 0.1) is 12.7 Å². The number of nitrogens with zero attached hydrogens (tertiary/aromatic N) is 1. The van der Waals surface area contributed by atoms with Gasteiger partial charge in [0.1, 0.15) is 0 Å². The molecule has 0 bridgehead atoms. The quantitative estimate of drug-likeness (QED) is 0.617. The molecule has 1 saturated heterocycles. The van der Waals surface area contributed by atoms with Gasteiger partial charge in [-0.1, -0.05) is 0 Å². The predicted octanol–water partition coefficient (Wildman–Crippen LogP) is 0.705. The number of hydrogen-bond acceptors (Lipinski definition) is 4. The van der Waals surface area contributed by atoms with Gasteiger partial charge in [-0.05, 0) is 52.2 Å². The van der Waals surface area contributed by atoms with Crippen molar-refractivity contribution in [2.24, 2.45) is 5.92 Å². The van der Waals surface area contributed by atoms with Gasteiger partial charge in [0, 0.05) is 19.7 Å². The number of likely N-dealkylation sites (tertiary alicyclic amines) is 1. The zero-order valence-corrected chi connectivity index (χ0v) is 11.3. The van der Waals surface area contributed by atoms with Crippen LogP contribution in [0.1, 0.15) is 26.7 Å². The van der Waals surface area contributed by atoms with Crippen molar-refractivity contribution in [2.75, 3.05) is 45.9 Å². The van der Waals surface area contributed by atoms with Gasteiger partial charge in [-0.25, -0.2) is 0 Å². The Hall–Kier alpha value is -0.160. The van der Waals surface area contributed by atoms with Crippen LogP contribution in [0, 0.1) is 5.92 Å². The molecule has 0 amide bonds. The number of aliphatic hydroxyl groups is 1. The van der Waals surface area contributed by atoms with E-state index in [1.807, 2.05) is 13.8 Å². The van der Waals surface area contributed by atoms with Gasteiger partial charge in [0.2, 0.25) is 0 Å². The molecule has 1 rings (SSSR count). The van der Waals surface area contributed by atoms with Gasteiger partial charge in [-0.15, -0.1) is 0 Å². The van der Waals surface area contributed by atoms with E-state index in [4.69, 9.17) is 4.74 Å². The van der Waals surface area contributed by atoms with E-state index in [1.54, 1.807) is 0 Å². The maximum atomic E-state index is 9.33. The second-order valence-electron chi connectivity index (χ2n) is 4.99. The molecule has 1 atom stereocenters. The van der Waals surface area contributed by atoms with Crippen molar-refractivity contribution in [1.82, 2.24) is 10.2 Å². The molecule has 4 nitrogen and oxygen atoms in total. The van der Waals surface area contributed by atoms with Gasteiger partial charge in [0.25, 0.3) is 0 Å². The minimum absolute atomic E-state index is 0.198. The molecule has 0 spiro atoms. The number of rotatable bonds is 8. The minimum Gasteiger partial charge on any atom is -0.392 e. The molecule has 0 radical (unpaired) electrons. The van der Waals surface area contributed by atoms with Crippen molar-refractivity contribution in [3.8, 4) is 0 Å². The standard InChI is InChI=1S/C13H28N2O2/c1-3-17-9-6-14-10-13-4-7-15(8-5-13)11-12(2)16/h12-14,16H,3-11H2,1-2H3. The summed E-state index contributed by atoms with van der Waals surface area (Å²) in [5.41, 5.74) is 0. The van der Waals surface area contributed by atoms with E-state index >= 15 is 0 Å². The Labute approximate surface area is 105 Å². The fraction of sp³-hybridized carbons (Fsp3) is 1.00. The molecule has 0 aromatic heterocycles. The zero-order valence-electron chi connectivity index (χ0n) is 11.3. The van der Waals surface area contributed by atoms with Crippen LogP contribution >= 0.6 is 0 Å². The maximum Gasteiger partial charge on any atom is 0.0639 e. The molecule has 17 heavy (non-hydrogen) atoms. The van der Waals surface area contributed by atoms with Crippen LogP contribution in [0.5, 0.6) is 0 Å². The van der Waals surface area contributed by atoms with E-state index in [9.17, 15) is 5.11 Å². The minimum atomic E-state index is -0.198. The average molecular weight is 244 g/mol. The summed E-state index contributed by atoms with van der Waals surface area (Å²) in [5, 5.41) is 12.8. The van der Waals surface area contributed by atoms with Crippen molar-refractivity contribution < 1.29 is 9.84 Å². The lowest BCUT2D eigenvalue weighted by atomic mass is 9.96. The molecule has 4 heteroatoms. The Morgan fingerprint density at radius 1 is 1.41 bits per heavy atom. The number of piperidine rings is 1. The van der Waals surface area contributed by atoms with Gasteiger partial charge in [-0.2, -0.15) is 0 Å². The Balaban J connectivity index is 1.99. The van der Waals surface area contributed by atoms with Gasteiger partial charge in [-0.3, -0.25) is 0 Å². The van der Waals surface area contributed by atoms with Crippen molar-refractivity contribution in [2.45, 2.75) is 32.8 Å². The largest absolute Gasteiger partial charge is 0.392 e. The molecule has 1 aliphatic rings. The van der Waals surface area contributed by atoms with Gasteiger partial charge >= 0.3 is 0 Å². The van der Waals surface area contributed by atoms with E-state index < -0.39 is 0 Å². The normalized spacial score (nSPS) is 20.6. The highest BCUT2D eigenvalue weighted by atomic mass is 16.5. The molecular weight excluding hydrogens is 216 g/mol. The number of nitrogens with one attached hydrogen (secondary N) is 1. The number of aliphatic hydroxyl groups excluding tert-OH is 1. The van der Waals surface area contributed by atoms with Crippen LogP contribution in [0.2, 0.25) is 0 Å². The van der Waals surface area contributed by atoms with E-state index in [0.29, 0.717) is 0 Å². The van der Waals surface area contributed by atoms with Crippen LogP contribution in [0.4, 0.5) is 0 Å². The highest BCUT2D eigenvalue weighted by Gasteiger charge is 2.19. The third kappa shape index (κ3) is 6.99. The molecule has 1 fully saturated rings. The summed E-state index contributed by atoms with van der Waals surface area (Å²) in [6.07, 6.45) is 2.29. The monoisotopic (exact) mass is 244 g/mol. The summed E-state index contributed by atoms with van der Waals surface area (Å²) in [6, 6.07) is 0. The molecule has 102 valence electrons. The lowest BCUT2D eigenvalue weighted by Gasteiger charge is -2.32. The first kappa shape index (κ1) is 14.9. The van der Waals surface area contributed by atoms with Gasteiger partial charge < -0.3 is 20.1 Å². The van der Waals surface area contributed by atoms with Crippen molar-refractivity contribution >= 4 is 0 Å². The number of hydrogen-bond donors (Lipinski definition) is 2. The first-order chi connectivity index (χ1) is 8.22. The third-order valence-electron chi connectivity index (χ3n) is 3.29. The highest BCUT2D eigenvalue weighted by molar-refractivity contribution is 4.74. The summed E-state index contributed by atoms with van der Waals surface area (Å²) in [7, 11) is 0. The first-order valence-electron chi connectivity index (χ1n) is 6.91. The van der Waals surface area contributed by atoms with E-state index in [0.717, 1.165) is 51.9 Å². The SMILES string of the molecule is CCOCCNCC1CCN(CC(C)O)CC1. The summed E-state index contributed by atoms with van der Waals surface area (Å²) in [5.74, 6) is 0.793. The lowest BCUT2D eigenvalue weighted by Crippen LogP contribution is -2.40. The molecule has 1 unspecified atom stereocenters. The van der Waals surface area contributed by atoms with E-state index in [-0.39, 0.29) is 6.10 Å². The Morgan fingerprint density at radius 3 is 2.71 bits per heavy atom. The molecule has 1 aliphatic heterocycles. The smallest absolute Gasteiger partial charge is 0.0639 e. The van der Waals surface area contributed by atoms with E-state index in [2.05, 4.69) is 10.2 Å². The first-order valence-corrected chi connectivity index (χ1v) is 6.91. The Bertz CT molecular complexity index is 180. The zero-order chi connectivity index (χ0) is 12.5. The van der Waals surface area contributed by atoms with Crippen LogP contribution in [0.25, 0.3) is 0 Å². The molecule has 0 saturated carbocycles. The second kappa shape index (κ2) is 8.86. The molecule has 0 aromatic rings. The van der Waals surface area contributed by atoms with Crippen LogP contribution in [0.15, 0.2) is 0 Å². The Morgan fingerprint density at radius 2 is 2.12 bits per heavy atom. The number of ether oxygens (including phenoxy) is 1. The predicted molar refractivity (Wildman–Crippen MR) is 70.2 cm³/mol. The topological polar surface area (TPSA) is 44.7 Å². The van der Waals surface area contributed by atoms with Crippen LogP contribution in [-0.2, 0) is 4.74 Å². The number of β-amino-alcohol motifs (C(OH)–C–C–N with tert-alkyl or cyclic N) is 1. The summed E-state index contributed by atoms with van der Waals surface area (Å²) in [4.78, 5) is 2.36. The molecule has 1 heterocycles. The molecule has 2 N–H and O–H groups in total. The summed E-state index contributed by atoms with van der Waals surface area (Å²) < 4.78 is 5.29.